The van der Waals surface area contributed by atoms with Crippen LogP contribution in [0.15, 0.2) is 48.5 Å². The number of rotatable bonds is 6. The summed E-state index contributed by atoms with van der Waals surface area (Å²) >= 11 is 1.24. The van der Waals surface area contributed by atoms with Gasteiger partial charge in [0.05, 0.1) is 5.92 Å². The summed E-state index contributed by atoms with van der Waals surface area (Å²) in [6, 6.07) is 15.6. The molecule has 0 radical (unpaired) electrons. The summed E-state index contributed by atoms with van der Waals surface area (Å²) < 4.78 is 0. The number of aryl methyl sites for hydroxylation is 3. The van der Waals surface area contributed by atoms with Gasteiger partial charge in [-0.2, -0.15) is 0 Å². The number of hydrogen-bond acceptors (Lipinski definition) is 3. The van der Waals surface area contributed by atoms with Crippen LogP contribution in [0.2, 0.25) is 0 Å². The molecule has 1 aromatic heterocycles. The lowest BCUT2D eigenvalue weighted by molar-refractivity contribution is 0.0700. The Morgan fingerprint density at radius 2 is 1.52 bits per heavy atom. The zero-order chi connectivity index (χ0) is 21.3. The summed E-state index contributed by atoms with van der Waals surface area (Å²) in [4.78, 5) is 26.8. The first kappa shape index (κ1) is 21.0. The summed E-state index contributed by atoms with van der Waals surface area (Å²) in [5.74, 6) is -1.52. The summed E-state index contributed by atoms with van der Waals surface area (Å²) in [7, 11) is 0. The van der Waals surface area contributed by atoms with Crippen LogP contribution in [-0.2, 0) is 0 Å². The third-order valence-corrected chi connectivity index (χ3v) is 6.41. The maximum atomic E-state index is 13.7. The number of aromatic carboxylic acids is 1. The molecule has 1 heterocycles. The molecule has 2 aromatic carbocycles. The summed E-state index contributed by atoms with van der Waals surface area (Å²) in [6.45, 7) is 9.87. The first-order valence-electron chi connectivity index (χ1n) is 9.75. The normalized spacial score (nSPS) is 12.2. The lowest BCUT2D eigenvalue weighted by atomic mass is 9.80. The van der Waals surface area contributed by atoms with Crippen molar-refractivity contribution in [1.82, 2.24) is 0 Å². The van der Waals surface area contributed by atoms with E-state index < -0.39 is 11.9 Å². The van der Waals surface area contributed by atoms with Crippen molar-refractivity contribution >= 4 is 23.1 Å². The molecule has 0 aliphatic heterocycles. The highest BCUT2D eigenvalue weighted by Crippen LogP contribution is 2.40. The fraction of sp³-hybridized carbons (Fsp3) is 0.280. The van der Waals surface area contributed by atoms with E-state index in [-0.39, 0.29) is 16.6 Å². The van der Waals surface area contributed by atoms with Crippen LogP contribution >= 0.6 is 11.3 Å². The van der Waals surface area contributed by atoms with Gasteiger partial charge < -0.3 is 5.11 Å². The third-order valence-electron chi connectivity index (χ3n) is 5.22. The Kier molecular flexibility index (Phi) is 6.04. The number of carboxylic acid groups (broad SMARTS) is 1. The van der Waals surface area contributed by atoms with Gasteiger partial charge >= 0.3 is 5.97 Å². The monoisotopic (exact) mass is 406 g/mol. The maximum absolute atomic E-state index is 13.7. The fourth-order valence-electron chi connectivity index (χ4n) is 4.08. The van der Waals surface area contributed by atoms with E-state index in [4.69, 9.17) is 0 Å². The van der Waals surface area contributed by atoms with Crippen LogP contribution < -0.4 is 0 Å². The second-order valence-corrected chi connectivity index (χ2v) is 8.98. The van der Waals surface area contributed by atoms with Gasteiger partial charge in [-0.15, -0.1) is 11.3 Å². The number of carboxylic acids is 1. The molecule has 0 fully saturated rings. The van der Waals surface area contributed by atoms with Crippen LogP contribution in [0, 0.1) is 26.7 Å². The summed E-state index contributed by atoms with van der Waals surface area (Å²) in [5.41, 5.74) is 5.27. The minimum atomic E-state index is -0.983. The molecule has 150 valence electrons. The van der Waals surface area contributed by atoms with Crippen LogP contribution in [0.3, 0.4) is 0 Å². The second-order valence-electron chi connectivity index (χ2n) is 7.93. The molecule has 0 aliphatic rings. The van der Waals surface area contributed by atoms with E-state index in [1.54, 1.807) is 0 Å². The summed E-state index contributed by atoms with van der Waals surface area (Å²) in [5, 5.41) is 9.85. The average molecular weight is 407 g/mol. The van der Waals surface area contributed by atoms with Crippen molar-refractivity contribution in [2.24, 2.45) is 5.92 Å². The van der Waals surface area contributed by atoms with Gasteiger partial charge in [0.2, 0.25) is 0 Å². The predicted molar refractivity (Wildman–Crippen MR) is 119 cm³/mol. The predicted octanol–water partition coefficient (Wildman–Crippen LogP) is 6.66. The first-order valence-corrected chi connectivity index (χ1v) is 10.6. The van der Waals surface area contributed by atoms with E-state index >= 15 is 0 Å². The molecule has 1 unspecified atom stereocenters. The van der Waals surface area contributed by atoms with Gasteiger partial charge in [-0.1, -0.05) is 61.9 Å². The zero-order valence-electron chi connectivity index (χ0n) is 17.4. The smallest absolute Gasteiger partial charge is 0.346 e. The quantitative estimate of drug-likeness (QED) is 0.466. The minimum absolute atomic E-state index is 0.00471. The molecule has 4 heteroatoms. The van der Waals surface area contributed by atoms with Gasteiger partial charge in [-0.3, -0.25) is 4.79 Å². The number of thiophene rings is 1. The van der Waals surface area contributed by atoms with Crippen molar-refractivity contribution in [2.75, 3.05) is 0 Å². The molecule has 3 nitrogen and oxygen atoms in total. The highest BCUT2D eigenvalue weighted by Gasteiger charge is 2.32. The second kappa shape index (κ2) is 8.34. The Morgan fingerprint density at radius 1 is 0.931 bits per heavy atom. The molecule has 0 amide bonds. The van der Waals surface area contributed by atoms with E-state index in [0.717, 1.165) is 27.1 Å². The highest BCUT2D eigenvalue weighted by molar-refractivity contribution is 7.17. The molecule has 1 atom stereocenters. The molecule has 29 heavy (non-hydrogen) atoms. The van der Waals surface area contributed by atoms with E-state index in [1.165, 1.54) is 11.3 Å². The average Bonchev–Trinajstić information content (AvgIpc) is 3.06. The Balaban J connectivity index is 2.16. The molecule has 0 saturated carbocycles. The molecular formula is C25H26O3S. The Hall–Kier alpha value is -2.72. The van der Waals surface area contributed by atoms with Crippen molar-refractivity contribution in [1.29, 1.82) is 0 Å². The number of benzene rings is 2. The lowest BCUT2D eigenvalue weighted by Gasteiger charge is -2.22. The van der Waals surface area contributed by atoms with E-state index in [9.17, 15) is 14.7 Å². The van der Waals surface area contributed by atoms with Crippen molar-refractivity contribution in [3.05, 3.63) is 81.2 Å². The topological polar surface area (TPSA) is 54.4 Å². The minimum Gasteiger partial charge on any atom is -0.477 e. The zero-order valence-corrected chi connectivity index (χ0v) is 18.3. The van der Waals surface area contributed by atoms with E-state index in [1.807, 2.05) is 83.1 Å². The Bertz CT molecular complexity index is 1040. The van der Waals surface area contributed by atoms with E-state index in [2.05, 4.69) is 0 Å². The number of hydrogen-bond donors (Lipinski definition) is 1. The van der Waals surface area contributed by atoms with Gasteiger partial charge in [0.1, 0.15) is 4.88 Å². The van der Waals surface area contributed by atoms with Crippen molar-refractivity contribution < 1.29 is 14.7 Å². The molecule has 0 bridgehead atoms. The van der Waals surface area contributed by atoms with Crippen LogP contribution in [0.25, 0.3) is 10.4 Å². The van der Waals surface area contributed by atoms with Gasteiger partial charge in [-0.05, 0) is 55.0 Å². The molecule has 3 aromatic rings. The van der Waals surface area contributed by atoms with Gasteiger partial charge in [0.15, 0.2) is 5.78 Å². The van der Waals surface area contributed by atoms with Crippen LogP contribution in [-0.4, -0.2) is 16.9 Å². The molecule has 0 saturated heterocycles. The SMILES string of the molecule is Cc1cc(C)c(C(=O)C(c2cc(-c3ccccc3)sc2C(=O)O)C(C)C)c(C)c1. The third kappa shape index (κ3) is 4.18. The molecule has 0 aliphatic carbocycles. The van der Waals surface area contributed by atoms with Crippen LogP contribution in [0.1, 0.15) is 62.0 Å². The van der Waals surface area contributed by atoms with Gasteiger partial charge in [0.25, 0.3) is 0 Å². The van der Waals surface area contributed by atoms with Crippen LogP contribution in [0.5, 0.6) is 0 Å². The van der Waals surface area contributed by atoms with E-state index in [0.29, 0.717) is 11.1 Å². The molecule has 3 rings (SSSR count). The Morgan fingerprint density at radius 3 is 2.03 bits per heavy atom. The lowest BCUT2D eigenvalue weighted by Crippen LogP contribution is -2.21. The van der Waals surface area contributed by atoms with Crippen molar-refractivity contribution in [2.45, 2.75) is 40.5 Å². The Labute approximate surface area is 176 Å². The van der Waals surface area contributed by atoms with Crippen LogP contribution in [0.4, 0.5) is 0 Å². The molecular weight excluding hydrogens is 380 g/mol. The number of carbonyl (C=O) groups excluding carboxylic acids is 1. The standard InChI is InChI=1S/C25H26O3S/c1-14(2)21(23(26)22-16(4)11-15(3)12-17(22)5)19-13-20(29-24(19)25(27)28)18-9-7-6-8-10-18/h6-14,21H,1-5H3,(H,27,28). The number of carbonyl (C=O) groups is 2. The van der Waals surface area contributed by atoms with Gasteiger partial charge in [-0.25, -0.2) is 4.79 Å². The first-order chi connectivity index (χ1) is 13.7. The number of ketones is 1. The number of Topliss-reactive ketones (excluding diaryl/α,β-unsaturated/α-hetero) is 1. The fourth-order valence-corrected chi connectivity index (χ4v) is 5.13. The summed E-state index contributed by atoms with van der Waals surface area (Å²) in [6.07, 6.45) is 0. The van der Waals surface area contributed by atoms with Crippen molar-refractivity contribution in [3.8, 4) is 10.4 Å². The molecule has 1 N–H and O–H groups in total. The van der Waals surface area contributed by atoms with Crippen molar-refractivity contribution in [3.63, 3.8) is 0 Å². The van der Waals surface area contributed by atoms with Gasteiger partial charge in [0, 0.05) is 10.4 Å². The largest absolute Gasteiger partial charge is 0.477 e. The molecule has 0 spiro atoms. The maximum Gasteiger partial charge on any atom is 0.346 e. The highest BCUT2D eigenvalue weighted by atomic mass is 32.1.